The molecule has 0 aromatic carbocycles. The molecule has 2 rings (SSSR count). The molecule has 1 amide bonds. The van der Waals surface area contributed by atoms with Crippen LogP contribution < -0.4 is 10.7 Å². The van der Waals surface area contributed by atoms with Crippen molar-refractivity contribution in [2.45, 2.75) is 13.3 Å². The van der Waals surface area contributed by atoms with Gasteiger partial charge in [0.1, 0.15) is 0 Å². The second-order valence-electron chi connectivity index (χ2n) is 3.17. The summed E-state index contributed by atoms with van der Waals surface area (Å²) in [6, 6.07) is 3.37. The summed E-state index contributed by atoms with van der Waals surface area (Å²) >= 11 is 0. The van der Waals surface area contributed by atoms with Gasteiger partial charge in [0, 0.05) is 5.71 Å². The van der Waals surface area contributed by atoms with Crippen LogP contribution in [-0.2, 0) is 4.79 Å². The highest BCUT2D eigenvalue weighted by molar-refractivity contribution is 6.11. The number of aromatic nitrogens is 1. The Hall–Kier alpha value is -1.62. The van der Waals surface area contributed by atoms with Crippen molar-refractivity contribution in [1.82, 2.24) is 4.98 Å². The maximum Gasteiger partial charge on any atom is 0.254 e. The number of hydrazone groups is 1. The van der Waals surface area contributed by atoms with Crippen molar-refractivity contribution < 1.29 is 4.79 Å². The van der Waals surface area contributed by atoms with Crippen LogP contribution in [0.25, 0.3) is 0 Å². The van der Waals surface area contributed by atoms with Crippen molar-refractivity contribution >= 4 is 35.5 Å². The van der Waals surface area contributed by atoms with Crippen LogP contribution in [0.2, 0.25) is 0 Å². The molecule has 0 fully saturated rings. The van der Waals surface area contributed by atoms with Gasteiger partial charge in [-0.05, 0) is 19.1 Å². The summed E-state index contributed by atoms with van der Waals surface area (Å²) in [6.45, 7) is 1.81. The van der Waals surface area contributed by atoms with Crippen LogP contribution >= 0.6 is 12.4 Å². The molecule has 0 saturated carbocycles. The number of hydrogen-bond acceptors (Lipinski definition) is 4. The van der Waals surface area contributed by atoms with Crippen molar-refractivity contribution in [3.63, 3.8) is 0 Å². The number of amides is 1. The van der Waals surface area contributed by atoms with E-state index >= 15 is 0 Å². The van der Waals surface area contributed by atoms with Gasteiger partial charge >= 0.3 is 0 Å². The molecule has 0 saturated heterocycles. The molecule has 2 heterocycles. The van der Waals surface area contributed by atoms with Gasteiger partial charge in [0.2, 0.25) is 0 Å². The minimum atomic E-state index is -0.0558. The summed E-state index contributed by atoms with van der Waals surface area (Å²) in [5, 5.41) is 5.37. The third-order valence-corrected chi connectivity index (χ3v) is 1.90. The molecule has 0 aliphatic carbocycles. The molecule has 1 aromatic rings. The summed E-state index contributed by atoms with van der Waals surface area (Å²) in [6.07, 6.45) is 1.87. The van der Waals surface area contributed by atoms with E-state index in [4.69, 9.17) is 5.73 Å². The van der Waals surface area contributed by atoms with Crippen LogP contribution in [0.5, 0.6) is 0 Å². The standard InChI is InChI=1S/C9H10N4O.ClH/c1-6-4-9(14)13(12-6)8-3-2-7(10)5-11-8;/h2-3,5H,4,10H2,1H3;1H. The van der Waals surface area contributed by atoms with Gasteiger partial charge in [-0.2, -0.15) is 10.1 Å². The predicted octanol–water partition coefficient (Wildman–Crippen LogP) is 1.20. The Bertz CT molecular complexity index is 401. The highest BCUT2D eigenvalue weighted by atomic mass is 35.5. The molecule has 1 aliphatic rings. The number of nitrogens with zero attached hydrogens (tertiary/aromatic N) is 3. The minimum Gasteiger partial charge on any atom is -0.397 e. The fourth-order valence-corrected chi connectivity index (χ4v) is 1.26. The molecule has 0 radical (unpaired) electrons. The average Bonchev–Trinajstić information content (AvgIpc) is 2.47. The topological polar surface area (TPSA) is 71.6 Å². The van der Waals surface area contributed by atoms with Gasteiger partial charge in [-0.25, -0.2) is 4.98 Å². The number of rotatable bonds is 1. The zero-order valence-electron chi connectivity index (χ0n) is 8.17. The fourth-order valence-electron chi connectivity index (χ4n) is 1.26. The molecule has 0 bridgehead atoms. The van der Waals surface area contributed by atoms with Crippen LogP contribution in [0, 0.1) is 0 Å². The summed E-state index contributed by atoms with van der Waals surface area (Å²) in [4.78, 5) is 15.4. The van der Waals surface area contributed by atoms with Crippen molar-refractivity contribution in [1.29, 1.82) is 0 Å². The van der Waals surface area contributed by atoms with Gasteiger partial charge in [-0.3, -0.25) is 4.79 Å². The minimum absolute atomic E-state index is 0. The SMILES string of the molecule is CC1=NN(c2ccc(N)cn2)C(=O)C1.Cl. The lowest BCUT2D eigenvalue weighted by Crippen LogP contribution is -2.20. The highest BCUT2D eigenvalue weighted by Gasteiger charge is 2.23. The first-order valence-corrected chi connectivity index (χ1v) is 4.25. The van der Waals surface area contributed by atoms with Gasteiger partial charge < -0.3 is 5.73 Å². The van der Waals surface area contributed by atoms with E-state index in [2.05, 4.69) is 10.1 Å². The second kappa shape index (κ2) is 4.27. The monoisotopic (exact) mass is 226 g/mol. The molecule has 2 N–H and O–H groups in total. The maximum absolute atomic E-state index is 11.4. The van der Waals surface area contributed by atoms with E-state index in [1.807, 2.05) is 6.92 Å². The third-order valence-electron chi connectivity index (χ3n) is 1.90. The lowest BCUT2D eigenvalue weighted by molar-refractivity contribution is -0.116. The Kier molecular flexibility index (Phi) is 3.26. The molecule has 0 spiro atoms. The van der Waals surface area contributed by atoms with Crippen LogP contribution in [0.4, 0.5) is 11.5 Å². The second-order valence-corrected chi connectivity index (χ2v) is 3.17. The lowest BCUT2D eigenvalue weighted by atomic mass is 10.3. The van der Waals surface area contributed by atoms with Gasteiger partial charge in [0.15, 0.2) is 5.82 Å². The summed E-state index contributed by atoms with van der Waals surface area (Å²) < 4.78 is 0. The number of carbonyl (C=O) groups excluding carboxylic acids is 1. The van der Waals surface area contributed by atoms with Crippen LogP contribution in [0.3, 0.4) is 0 Å². The first kappa shape index (κ1) is 11.5. The smallest absolute Gasteiger partial charge is 0.254 e. The molecule has 0 unspecified atom stereocenters. The number of anilines is 2. The number of halogens is 1. The first-order chi connectivity index (χ1) is 6.66. The molecule has 15 heavy (non-hydrogen) atoms. The van der Waals surface area contributed by atoms with E-state index in [1.54, 1.807) is 12.1 Å². The zero-order chi connectivity index (χ0) is 10.1. The normalized spacial score (nSPS) is 14.9. The largest absolute Gasteiger partial charge is 0.397 e. The van der Waals surface area contributed by atoms with E-state index in [9.17, 15) is 4.79 Å². The van der Waals surface area contributed by atoms with Crippen molar-refractivity contribution in [2.24, 2.45) is 5.10 Å². The van der Waals surface area contributed by atoms with Crippen LogP contribution in [0.1, 0.15) is 13.3 Å². The third kappa shape index (κ3) is 2.24. The number of pyridine rings is 1. The maximum atomic E-state index is 11.4. The quantitative estimate of drug-likeness (QED) is 0.782. The first-order valence-electron chi connectivity index (χ1n) is 4.25. The van der Waals surface area contributed by atoms with E-state index in [0.29, 0.717) is 17.9 Å². The summed E-state index contributed by atoms with van der Waals surface area (Å²) in [5.74, 6) is 0.459. The molecule has 80 valence electrons. The Labute approximate surface area is 93.4 Å². The fraction of sp³-hybridized carbons (Fsp3) is 0.222. The van der Waals surface area contributed by atoms with Crippen LogP contribution in [-0.4, -0.2) is 16.6 Å². The van der Waals surface area contributed by atoms with Gasteiger partial charge in [-0.15, -0.1) is 12.4 Å². The van der Waals surface area contributed by atoms with E-state index in [0.717, 1.165) is 5.71 Å². The van der Waals surface area contributed by atoms with Crippen molar-refractivity contribution in [3.05, 3.63) is 18.3 Å². The molecule has 1 aliphatic heterocycles. The van der Waals surface area contributed by atoms with E-state index in [-0.39, 0.29) is 18.3 Å². The number of nitrogen functional groups attached to an aromatic ring is 1. The summed E-state index contributed by atoms with van der Waals surface area (Å²) in [7, 11) is 0. The number of carbonyl (C=O) groups is 1. The number of hydrogen-bond donors (Lipinski definition) is 1. The molecule has 6 heteroatoms. The average molecular weight is 227 g/mol. The Balaban J connectivity index is 0.00000112. The lowest BCUT2D eigenvalue weighted by Gasteiger charge is -2.09. The Morgan fingerprint density at radius 1 is 1.47 bits per heavy atom. The molecule has 5 nitrogen and oxygen atoms in total. The Morgan fingerprint density at radius 3 is 2.67 bits per heavy atom. The predicted molar refractivity (Wildman–Crippen MR) is 61.1 cm³/mol. The Morgan fingerprint density at radius 2 is 2.20 bits per heavy atom. The summed E-state index contributed by atoms with van der Waals surface area (Å²) in [5.41, 5.74) is 6.86. The van der Waals surface area contributed by atoms with Gasteiger partial charge in [-0.1, -0.05) is 0 Å². The molecular formula is C9H11ClN4O. The van der Waals surface area contributed by atoms with Crippen LogP contribution in [0.15, 0.2) is 23.4 Å². The van der Waals surface area contributed by atoms with Gasteiger partial charge in [0.25, 0.3) is 5.91 Å². The zero-order valence-corrected chi connectivity index (χ0v) is 8.99. The van der Waals surface area contributed by atoms with Gasteiger partial charge in [0.05, 0.1) is 18.3 Å². The van der Waals surface area contributed by atoms with E-state index < -0.39 is 0 Å². The van der Waals surface area contributed by atoms with Crippen molar-refractivity contribution in [3.8, 4) is 0 Å². The highest BCUT2D eigenvalue weighted by Crippen LogP contribution is 2.18. The number of nitrogens with two attached hydrogens (primary N) is 1. The van der Waals surface area contributed by atoms with Crippen molar-refractivity contribution in [2.75, 3.05) is 10.7 Å². The van der Waals surface area contributed by atoms with E-state index in [1.165, 1.54) is 11.2 Å². The molecule has 0 atom stereocenters. The molecular weight excluding hydrogens is 216 g/mol. The molecule has 1 aromatic heterocycles.